The number of pyridine rings is 1. The van der Waals surface area contributed by atoms with E-state index in [-0.39, 0.29) is 5.91 Å². The third-order valence-corrected chi connectivity index (χ3v) is 5.13. The number of methoxy groups -OCH3 is 1. The highest BCUT2D eigenvalue weighted by atomic mass is 16.5. The van der Waals surface area contributed by atoms with Gasteiger partial charge in [0.05, 0.1) is 18.3 Å². The molecule has 0 atom stereocenters. The van der Waals surface area contributed by atoms with E-state index >= 15 is 0 Å². The first-order valence-corrected chi connectivity index (χ1v) is 11.1. The maximum atomic E-state index is 12.4. The summed E-state index contributed by atoms with van der Waals surface area (Å²) >= 11 is 0. The van der Waals surface area contributed by atoms with Crippen LogP contribution >= 0.6 is 0 Å². The Hall–Kier alpha value is -4.98. The zero-order valence-corrected chi connectivity index (χ0v) is 19.4. The Bertz CT molecular complexity index is 1410. The summed E-state index contributed by atoms with van der Waals surface area (Å²) in [5.74, 6) is -0.766. The van der Waals surface area contributed by atoms with Crippen LogP contribution in [0.3, 0.4) is 0 Å². The molecule has 4 aromatic rings. The Labute approximate surface area is 207 Å². The Morgan fingerprint density at radius 2 is 1.53 bits per heavy atom. The maximum absolute atomic E-state index is 12.4. The Morgan fingerprint density at radius 3 is 2.28 bits per heavy atom. The summed E-state index contributed by atoms with van der Waals surface area (Å²) in [6.45, 7) is -0.450. The first kappa shape index (κ1) is 24.2. The van der Waals surface area contributed by atoms with Crippen molar-refractivity contribution in [3.63, 3.8) is 0 Å². The number of aromatic nitrogens is 1. The van der Waals surface area contributed by atoms with Crippen LogP contribution in [0.2, 0.25) is 0 Å². The molecule has 1 heterocycles. The number of nitrogens with one attached hydrogen (secondary N) is 2. The predicted molar refractivity (Wildman–Crippen MR) is 138 cm³/mol. The highest BCUT2D eigenvalue weighted by Gasteiger charge is 2.09. The molecule has 0 fully saturated rings. The predicted octanol–water partition coefficient (Wildman–Crippen LogP) is 4.69. The molecule has 180 valence electrons. The fourth-order valence-corrected chi connectivity index (χ4v) is 3.29. The lowest BCUT2D eigenvalue weighted by Crippen LogP contribution is -2.20. The molecule has 0 saturated carbocycles. The van der Waals surface area contributed by atoms with Crippen molar-refractivity contribution < 1.29 is 23.9 Å². The fraction of sp³-hybridized carbons (Fsp3) is 0.0714. The number of fused-ring (bicyclic) bond motifs is 1. The molecular weight excluding hydrogens is 458 g/mol. The molecule has 36 heavy (non-hydrogen) atoms. The average molecular weight is 482 g/mol. The van der Waals surface area contributed by atoms with E-state index in [4.69, 9.17) is 9.47 Å². The smallest absolute Gasteiger partial charge is 0.331 e. The van der Waals surface area contributed by atoms with Gasteiger partial charge in [0.25, 0.3) is 11.8 Å². The molecule has 8 heteroatoms. The van der Waals surface area contributed by atoms with Crippen molar-refractivity contribution in [3.05, 3.63) is 102 Å². The van der Waals surface area contributed by atoms with Crippen molar-refractivity contribution in [2.75, 3.05) is 24.4 Å². The van der Waals surface area contributed by atoms with Gasteiger partial charge in [0.2, 0.25) is 0 Å². The van der Waals surface area contributed by atoms with Crippen molar-refractivity contribution in [2.24, 2.45) is 0 Å². The zero-order chi connectivity index (χ0) is 25.3. The quantitative estimate of drug-likeness (QED) is 0.279. The van der Waals surface area contributed by atoms with Gasteiger partial charge in [0, 0.05) is 28.4 Å². The molecule has 1 aromatic heterocycles. The highest BCUT2D eigenvalue weighted by molar-refractivity contribution is 6.04. The van der Waals surface area contributed by atoms with Crippen LogP contribution in [0.25, 0.3) is 17.0 Å². The van der Waals surface area contributed by atoms with E-state index in [1.807, 2.05) is 30.3 Å². The van der Waals surface area contributed by atoms with E-state index in [0.29, 0.717) is 28.4 Å². The zero-order valence-electron chi connectivity index (χ0n) is 19.4. The van der Waals surface area contributed by atoms with Crippen LogP contribution in [0.1, 0.15) is 16.1 Å². The molecule has 0 radical (unpaired) electrons. The van der Waals surface area contributed by atoms with Gasteiger partial charge in [-0.15, -0.1) is 0 Å². The molecule has 2 amide bonds. The standard InChI is InChI=1S/C28H23N3O5/c1-35-24-15-12-23(13-16-24)31-28(34)20-7-10-22(11-8-20)30-26(32)18-36-27(33)17-14-21-9-6-19-4-2-3-5-25(19)29-21/h2-17H,18H2,1H3,(H,30,32)(H,31,34). The number of esters is 1. The number of benzene rings is 3. The third kappa shape index (κ3) is 6.54. The van der Waals surface area contributed by atoms with Crippen LogP contribution < -0.4 is 15.4 Å². The van der Waals surface area contributed by atoms with Crippen molar-refractivity contribution >= 4 is 46.1 Å². The van der Waals surface area contributed by atoms with Crippen molar-refractivity contribution in [1.82, 2.24) is 4.98 Å². The average Bonchev–Trinajstić information content (AvgIpc) is 2.91. The Morgan fingerprint density at radius 1 is 0.833 bits per heavy atom. The number of hydrogen-bond donors (Lipinski definition) is 2. The van der Waals surface area contributed by atoms with Gasteiger partial charge in [-0.05, 0) is 66.7 Å². The van der Waals surface area contributed by atoms with E-state index in [1.54, 1.807) is 61.7 Å². The third-order valence-electron chi connectivity index (χ3n) is 5.13. The summed E-state index contributed by atoms with van der Waals surface area (Å²) in [6, 6.07) is 24.7. The summed E-state index contributed by atoms with van der Waals surface area (Å²) in [7, 11) is 1.57. The number of nitrogens with zero attached hydrogens (tertiary/aromatic N) is 1. The normalized spacial score (nSPS) is 10.7. The van der Waals surface area contributed by atoms with Gasteiger partial charge in [-0.1, -0.05) is 24.3 Å². The van der Waals surface area contributed by atoms with Gasteiger partial charge in [-0.3, -0.25) is 9.59 Å². The molecule has 0 bridgehead atoms. The monoisotopic (exact) mass is 481 g/mol. The summed E-state index contributed by atoms with van der Waals surface area (Å²) in [5.41, 5.74) is 2.93. The van der Waals surface area contributed by atoms with Crippen molar-refractivity contribution in [1.29, 1.82) is 0 Å². The number of amides is 2. The van der Waals surface area contributed by atoms with Crippen LogP contribution in [0.15, 0.2) is 91.0 Å². The van der Waals surface area contributed by atoms with Crippen molar-refractivity contribution in [2.45, 2.75) is 0 Å². The molecule has 0 aliphatic rings. The van der Waals surface area contributed by atoms with E-state index < -0.39 is 18.5 Å². The second-order valence-corrected chi connectivity index (χ2v) is 7.68. The number of para-hydroxylation sites is 1. The maximum Gasteiger partial charge on any atom is 0.331 e. The number of rotatable bonds is 8. The molecule has 3 aromatic carbocycles. The minimum atomic E-state index is -0.661. The summed E-state index contributed by atoms with van der Waals surface area (Å²) in [6.07, 6.45) is 2.75. The lowest BCUT2D eigenvalue weighted by atomic mass is 10.2. The summed E-state index contributed by atoms with van der Waals surface area (Å²) in [5, 5.41) is 6.41. The van der Waals surface area contributed by atoms with Gasteiger partial charge >= 0.3 is 5.97 Å². The minimum Gasteiger partial charge on any atom is -0.497 e. The molecule has 0 spiro atoms. The number of carbonyl (C=O) groups is 3. The second kappa shape index (κ2) is 11.4. The van der Waals surface area contributed by atoms with Crippen LogP contribution in [0.5, 0.6) is 5.75 Å². The second-order valence-electron chi connectivity index (χ2n) is 7.68. The first-order valence-electron chi connectivity index (χ1n) is 11.1. The Kier molecular flexibility index (Phi) is 7.67. The molecule has 0 saturated heterocycles. The first-order chi connectivity index (χ1) is 17.5. The molecule has 4 rings (SSSR count). The van der Waals surface area contributed by atoms with Gasteiger partial charge < -0.3 is 20.1 Å². The van der Waals surface area contributed by atoms with Crippen LogP contribution in [0.4, 0.5) is 11.4 Å². The van der Waals surface area contributed by atoms with E-state index in [9.17, 15) is 14.4 Å². The van der Waals surface area contributed by atoms with Crippen molar-refractivity contribution in [3.8, 4) is 5.75 Å². The summed E-state index contributed by atoms with van der Waals surface area (Å²) in [4.78, 5) is 41.0. The van der Waals surface area contributed by atoms with Crippen LogP contribution in [-0.2, 0) is 14.3 Å². The lowest BCUT2D eigenvalue weighted by Gasteiger charge is -2.08. The molecule has 0 unspecified atom stereocenters. The van der Waals surface area contributed by atoms with E-state index in [1.165, 1.54) is 12.2 Å². The van der Waals surface area contributed by atoms with Gasteiger partial charge in [0.1, 0.15) is 5.75 Å². The van der Waals surface area contributed by atoms with Gasteiger partial charge in [-0.2, -0.15) is 0 Å². The van der Waals surface area contributed by atoms with Crippen LogP contribution in [-0.4, -0.2) is 36.5 Å². The van der Waals surface area contributed by atoms with E-state index in [2.05, 4.69) is 15.6 Å². The minimum absolute atomic E-state index is 0.292. The van der Waals surface area contributed by atoms with E-state index in [0.717, 1.165) is 10.9 Å². The van der Waals surface area contributed by atoms with Gasteiger partial charge in [0.15, 0.2) is 6.61 Å². The number of hydrogen-bond acceptors (Lipinski definition) is 6. The Balaban J connectivity index is 1.24. The molecule has 0 aliphatic heterocycles. The fourth-order valence-electron chi connectivity index (χ4n) is 3.29. The molecular formula is C28H23N3O5. The van der Waals surface area contributed by atoms with Crippen LogP contribution in [0, 0.1) is 0 Å². The number of anilines is 2. The number of carbonyl (C=O) groups excluding carboxylic acids is 3. The van der Waals surface area contributed by atoms with Gasteiger partial charge in [-0.25, -0.2) is 9.78 Å². The largest absolute Gasteiger partial charge is 0.497 e. The lowest BCUT2D eigenvalue weighted by molar-refractivity contribution is -0.142. The summed E-state index contributed by atoms with van der Waals surface area (Å²) < 4.78 is 10.1. The number of ether oxygens (including phenoxy) is 2. The highest BCUT2D eigenvalue weighted by Crippen LogP contribution is 2.17. The molecule has 0 aliphatic carbocycles. The SMILES string of the molecule is COc1ccc(NC(=O)c2ccc(NC(=O)COC(=O)C=Cc3ccc4ccccc4n3)cc2)cc1. The molecule has 2 N–H and O–H groups in total. The topological polar surface area (TPSA) is 107 Å². The molecule has 8 nitrogen and oxygen atoms in total.